The Morgan fingerprint density at radius 3 is 2.11 bits per heavy atom. The fourth-order valence-corrected chi connectivity index (χ4v) is 11.8. The molecule has 7 atom stereocenters. The normalized spacial score (nSPS) is 23.5. The molecular formula is C59H58N4O10. The van der Waals surface area contributed by atoms with Crippen LogP contribution >= 0.6 is 0 Å². The van der Waals surface area contributed by atoms with Gasteiger partial charge < -0.3 is 34.3 Å². The summed E-state index contributed by atoms with van der Waals surface area (Å²) in [5, 5.41) is 13.7. The SMILES string of the molecule is COC(=O)[C@@H](NC(=O)N1C(=O)[C@@]2(c3cc(C#CC4=CCCCC4)ccc31)[C@H](c1ccc(O)cc1)N1[C@H](c3ccccc3)[C@H](c3ccccc3)OC(=O)[C@H]1[C@@H]2C(=O)N1CCc2cc(OC)c(OC)cc2C1)C(C)C. The standard InChI is InChI=1S/C59H58N4O10/c1-35(2)49(55(66)72-5)60-58(69)62-45-28-23-37(22-21-36-15-9-6-10-16-36)31-44(45)59(57(62)68)48(54(65)61-30-29-41-32-46(70-3)47(71-4)33-42(41)34-61)51-56(67)73-52(39-19-13-8-14-20-39)50(38-17-11-7-12-18-38)63(51)53(59)40-24-26-43(64)27-25-40/h7-8,11-15,17-20,23-28,31-33,35,48-53,64H,6,9-10,16,29-30,34H2,1-5H3,(H,60,69)/t48-,49+,50-,51-,52+,53+,59-/m1/s1. The minimum absolute atomic E-state index is 0.0462. The topological polar surface area (TPSA) is 164 Å². The number of anilines is 1. The lowest BCUT2D eigenvalue weighted by molar-refractivity contribution is -0.179. The number of cyclic esters (lactones) is 1. The highest BCUT2D eigenvalue weighted by Gasteiger charge is 2.76. The van der Waals surface area contributed by atoms with Crippen molar-refractivity contribution in [2.75, 3.05) is 32.8 Å². The molecule has 1 aliphatic carbocycles. The Kier molecular flexibility index (Phi) is 13.3. The van der Waals surface area contributed by atoms with E-state index in [0.29, 0.717) is 40.2 Å². The van der Waals surface area contributed by atoms with Gasteiger partial charge in [-0.25, -0.2) is 14.5 Å². The zero-order valence-electron chi connectivity index (χ0n) is 41.5. The molecule has 0 bridgehead atoms. The Morgan fingerprint density at radius 1 is 0.781 bits per heavy atom. The zero-order valence-corrected chi connectivity index (χ0v) is 41.5. The maximum atomic E-state index is 16.9. The number of esters is 2. The Morgan fingerprint density at radius 2 is 1.47 bits per heavy atom. The van der Waals surface area contributed by atoms with E-state index in [9.17, 15) is 9.90 Å². The van der Waals surface area contributed by atoms with Crippen molar-refractivity contribution in [3.63, 3.8) is 0 Å². The number of rotatable bonds is 9. The van der Waals surface area contributed by atoms with E-state index >= 15 is 19.2 Å². The van der Waals surface area contributed by atoms with Gasteiger partial charge in [0, 0.05) is 18.7 Å². The van der Waals surface area contributed by atoms with Crippen LogP contribution in [-0.2, 0) is 47.0 Å². The van der Waals surface area contributed by atoms with Crippen LogP contribution in [0.1, 0.15) is 96.7 Å². The van der Waals surface area contributed by atoms with Gasteiger partial charge in [0.25, 0.3) is 0 Å². The molecule has 2 saturated heterocycles. The molecule has 4 aliphatic heterocycles. The van der Waals surface area contributed by atoms with E-state index in [0.717, 1.165) is 52.8 Å². The van der Waals surface area contributed by atoms with Crippen LogP contribution in [0.15, 0.2) is 127 Å². The highest BCUT2D eigenvalue weighted by Crippen LogP contribution is 2.66. The number of hydrogen-bond donors (Lipinski definition) is 2. The Hall–Kier alpha value is -7.89. The molecule has 2 N–H and O–H groups in total. The quantitative estimate of drug-likeness (QED) is 0.108. The molecule has 4 amide bonds. The van der Waals surface area contributed by atoms with Crippen molar-refractivity contribution in [1.82, 2.24) is 15.1 Å². The van der Waals surface area contributed by atoms with Crippen LogP contribution < -0.4 is 19.7 Å². The average Bonchev–Trinajstić information content (AvgIpc) is 3.87. The lowest BCUT2D eigenvalue weighted by atomic mass is 9.64. The van der Waals surface area contributed by atoms with E-state index in [1.54, 1.807) is 63.3 Å². The van der Waals surface area contributed by atoms with Gasteiger partial charge in [0.15, 0.2) is 11.5 Å². The van der Waals surface area contributed by atoms with E-state index in [1.165, 1.54) is 19.2 Å². The first kappa shape index (κ1) is 48.7. The first-order chi connectivity index (χ1) is 35.4. The van der Waals surface area contributed by atoms with Crippen LogP contribution in [-0.4, -0.2) is 84.6 Å². The third-order valence-electron chi connectivity index (χ3n) is 15.2. The maximum Gasteiger partial charge on any atom is 0.329 e. The maximum absolute atomic E-state index is 16.9. The molecule has 14 heteroatoms. The minimum atomic E-state index is -2.08. The molecule has 14 nitrogen and oxygen atoms in total. The smallest absolute Gasteiger partial charge is 0.329 e. The predicted octanol–water partition coefficient (Wildman–Crippen LogP) is 8.42. The predicted molar refractivity (Wildman–Crippen MR) is 271 cm³/mol. The van der Waals surface area contributed by atoms with E-state index < -0.39 is 77.3 Å². The molecule has 0 radical (unpaired) electrons. The number of fused-ring (bicyclic) bond motifs is 4. The number of amides is 4. The molecule has 0 unspecified atom stereocenters. The number of benzene rings is 5. The second-order valence-corrected chi connectivity index (χ2v) is 19.6. The molecule has 1 spiro atoms. The number of nitrogens with one attached hydrogen (secondary N) is 1. The molecule has 0 aromatic heterocycles. The van der Waals surface area contributed by atoms with Gasteiger partial charge in [-0.05, 0) is 119 Å². The largest absolute Gasteiger partial charge is 0.508 e. The molecule has 5 aliphatic rings. The van der Waals surface area contributed by atoms with Crippen LogP contribution in [0.3, 0.4) is 0 Å². The fourth-order valence-electron chi connectivity index (χ4n) is 11.8. The number of imide groups is 1. The van der Waals surface area contributed by atoms with Crippen molar-refractivity contribution in [3.05, 3.63) is 166 Å². The molecule has 5 aromatic rings. The van der Waals surface area contributed by atoms with Gasteiger partial charge in [-0.1, -0.05) is 105 Å². The summed E-state index contributed by atoms with van der Waals surface area (Å²) >= 11 is 0. The molecular weight excluding hydrogens is 925 g/mol. The summed E-state index contributed by atoms with van der Waals surface area (Å²) in [6, 6.07) is 28.8. The lowest BCUT2D eigenvalue weighted by Crippen LogP contribution is -2.58. The molecule has 5 aromatic carbocycles. The van der Waals surface area contributed by atoms with Crippen molar-refractivity contribution >= 4 is 35.5 Å². The number of carbonyl (C=O) groups excluding carboxylic acids is 5. The summed E-state index contributed by atoms with van der Waals surface area (Å²) in [6.45, 7) is 3.82. The summed E-state index contributed by atoms with van der Waals surface area (Å²) in [4.78, 5) is 82.2. The Bertz CT molecular complexity index is 3070. The highest BCUT2D eigenvalue weighted by atomic mass is 16.6. The van der Waals surface area contributed by atoms with Crippen LogP contribution in [0.4, 0.5) is 10.5 Å². The number of phenolic OH excluding ortho intramolecular Hbond substituents is 1. The lowest BCUT2D eigenvalue weighted by Gasteiger charge is -2.46. The average molecular weight is 983 g/mol. The van der Waals surface area contributed by atoms with Crippen LogP contribution in [0.2, 0.25) is 0 Å². The number of urea groups is 1. The number of allylic oxidation sites excluding steroid dienone is 2. The number of aromatic hydroxyl groups is 1. The summed E-state index contributed by atoms with van der Waals surface area (Å²) in [5.41, 5.74) is 3.54. The van der Waals surface area contributed by atoms with E-state index in [1.807, 2.05) is 77.7 Å². The number of carbonyl (C=O) groups is 5. The fraction of sp³-hybridized carbons (Fsp3) is 0.339. The molecule has 4 heterocycles. The number of ether oxygens (including phenoxy) is 4. The molecule has 374 valence electrons. The number of methoxy groups -OCH3 is 3. The summed E-state index contributed by atoms with van der Waals surface area (Å²) in [5.74, 6) is 2.94. The Balaban J connectivity index is 1.26. The third-order valence-corrected chi connectivity index (χ3v) is 15.2. The summed E-state index contributed by atoms with van der Waals surface area (Å²) < 4.78 is 23.2. The monoisotopic (exact) mass is 982 g/mol. The first-order valence-corrected chi connectivity index (χ1v) is 24.9. The van der Waals surface area contributed by atoms with Crippen molar-refractivity contribution in [1.29, 1.82) is 0 Å². The first-order valence-electron chi connectivity index (χ1n) is 24.9. The van der Waals surface area contributed by atoms with Gasteiger partial charge in [-0.2, -0.15) is 0 Å². The van der Waals surface area contributed by atoms with E-state index in [2.05, 4.69) is 23.2 Å². The molecule has 0 saturated carbocycles. The third kappa shape index (κ3) is 8.45. The van der Waals surface area contributed by atoms with Gasteiger partial charge in [0.05, 0.1) is 45.0 Å². The van der Waals surface area contributed by atoms with Crippen molar-refractivity contribution in [2.24, 2.45) is 11.8 Å². The van der Waals surface area contributed by atoms with Crippen molar-refractivity contribution in [3.8, 4) is 29.1 Å². The van der Waals surface area contributed by atoms with Crippen LogP contribution in [0.5, 0.6) is 17.2 Å². The Labute approximate surface area is 424 Å². The number of morpholine rings is 1. The molecule has 73 heavy (non-hydrogen) atoms. The van der Waals surface area contributed by atoms with Gasteiger partial charge in [-0.15, -0.1) is 0 Å². The van der Waals surface area contributed by atoms with Gasteiger partial charge in [0.2, 0.25) is 11.8 Å². The van der Waals surface area contributed by atoms with Crippen LogP contribution in [0, 0.1) is 23.7 Å². The number of phenols is 1. The number of hydrogen-bond acceptors (Lipinski definition) is 11. The van der Waals surface area contributed by atoms with Gasteiger partial charge in [-0.3, -0.25) is 19.3 Å². The summed E-state index contributed by atoms with van der Waals surface area (Å²) in [7, 11) is 4.34. The van der Waals surface area contributed by atoms with Crippen LogP contribution in [0.25, 0.3) is 0 Å². The highest BCUT2D eigenvalue weighted by molar-refractivity contribution is 6.25. The molecule has 2 fully saturated rings. The van der Waals surface area contributed by atoms with E-state index in [-0.39, 0.29) is 24.5 Å². The minimum Gasteiger partial charge on any atom is -0.508 e. The van der Waals surface area contributed by atoms with Crippen molar-refractivity contribution in [2.45, 2.75) is 88.2 Å². The molecule has 10 rings (SSSR count). The zero-order chi connectivity index (χ0) is 51.1. The van der Waals surface area contributed by atoms with E-state index in [4.69, 9.17) is 18.9 Å². The van der Waals surface area contributed by atoms with Gasteiger partial charge >= 0.3 is 18.0 Å². The van der Waals surface area contributed by atoms with Crippen molar-refractivity contribution < 1.29 is 48.0 Å². The number of nitrogens with zero attached hydrogens (tertiary/aromatic N) is 3. The summed E-state index contributed by atoms with van der Waals surface area (Å²) in [6.07, 6.45) is 5.44. The second-order valence-electron chi connectivity index (χ2n) is 19.6. The second kappa shape index (κ2) is 20.0. The van der Waals surface area contributed by atoms with Gasteiger partial charge in [0.1, 0.15) is 29.4 Å².